The molecule has 2 saturated heterocycles. The van der Waals surface area contributed by atoms with Crippen LogP contribution in [0.5, 0.6) is 0 Å². The summed E-state index contributed by atoms with van der Waals surface area (Å²) in [5, 5.41) is 7.60. The fourth-order valence-electron chi connectivity index (χ4n) is 4.81. The quantitative estimate of drug-likeness (QED) is 0.368. The molecule has 2 heterocycles. The summed E-state index contributed by atoms with van der Waals surface area (Å²) in [7, 11) is 4.07. The molecule has 0 amide bonds. The van der Waals surface area contributed by atoms with Crippen LogP contribution >= 0.6 is 35.6 Å². The van der Waals surface area contributed by atoms with Crippen LogP contribution in [0.25, 0.3) is 0 Å². The Labute approximate surface area is 183 Å². The molecule has 0 radical (unpaired) electrons. The summed E-state index contributed by atoms with van der Waals surface area (Å²) in [6, 6.07) is 6.93. The van der Waals surface area contributed by atoms with Crippen molar-refractivity contribution in [3.8, 4) is 0 Å². The third-order valence-electron chi connectivity index (χ3n) is 6.39. The lowest BCUT2D eigenvalue weighted by Crippen LogP contribution is -2.56. The second kappa shape index (κ2) is 8.82. The zero-order valence-corrected chi connectivity index (χ0v) is 19.0. The SMILES string of the molecule is CN=C(NC1CC2CCCC(C1)N2C)NC1CC1c1c(F)cccc1Cl.I. The van der Waals surface area contributed by atoms with Gasteiger partial charge in [0.2, 0.25) is 0 Å². The van der Waals surface area contributed by atoms with E-state index in [1.54, 1.807) is 19.2 Å². The van der Waals surface area contributed by atoms with E-state index in [9.17, 15) is 4.39 Å². The molecule has 7 heteroatoms. The van der Waals surface area contributed by atoms with E-state index >= 15 is 0 Å². The monoisotopic (exact) mass is 506 g/mol. The normalized spacial score (nSPS) is 33.2. The molecule has 4 atom stereocenters. The van der Waals surface area contributed by atoms with Crippen LogP contribution in [0.1, 0.15) is 50.0 Å². The Morgan fingerprint density at radius 3 is 2.52 bits per heavy atom. The van der Waals surface area contributed by atoms with Gasteiger partial charge in [0.1, 0.15) is 5.82 Å². The van der Waals surface area contributed by atoms with E-state index < -0.39 is 0 Å². The van der Waals surface area contributed by atoms with Crippen LogP contribution in [0.3, 0.4) is 0 Å². The zero-order valence-electron chi connectivity index (χ0n) is 15.9. The number of rotatable bonds is 3. The molecule has 2 aliphatic heterocycles. The molecule has 3 fully saturated rings. The standard InChI is InChI=1S/C20H28ClFN4.HI/c1-23-20(24-12-9-13-5-3-6-14(10-12)26(13)2)25-18-11-15(18)19-16(21)7-4-8-17(19)22;/h4,7-8,12-15,18H,3,5-6,9-11H2,1-2H3,(H2,23,24,25);1H. The molecule has 150 valence electrons. The maximum atomic E-state index is 14.1. The van der Waals surface area contributed by atoms with Crippen molar-refractivity contribution in [3.05, 3.63) is 34.6 Å². The molecule has 2 N–H and O–H groups in total. The highest BCUT2D eigenvalue weighted by Crippen LogP contribution is 2.45. The Hall–Kier alpha value is -0.600. The van der Waals surface area contributed by atoms with E-state index in [1.165, 1.54) is 38.2 Å². The van der Waals surface area contributed by atoms with Gasteiger partial charge in [-0.15, -0.1) is 24.0 Å². The number of benzene rings is 1. The number of fused-ring (bicyclic) bond motifs is 2. The lowest BCUT2D eigenvalue weighted by atomic mass is 9.82. The molecule has 1 aliphatic carbocycles. The number of halogens is 3. The molecule has 2 bridgehead atoms. The number of hydrogen-bond acceptors (Lipinski definition) is 2. The van der Waals surface area contributed by atoms with Gasteiger partial charge in [-0.3, -0.25) is 4.99 Å². The minimum absolute atomic E-state index is 0. The first-order valence-electron chi connectivity index (χ1n) is 9.72. The summed E-state index contributed by atoms with van der Waals surface area (Å²) >= 11 is 6.21. The van der Waals surface area contributed by atoms with Crippen molar-refractivity contribution in [1.29, 1.82) is 0 Å². The Morgan fingerprint density at radius 1 is 1.19 bits per heavy atom. The highest BCUT2D eigenvalue weighted by molar-refractivity contribution is 14.0. The Morgan fingerprint density at radius 2 is 1.89 bits per heavy atom. The molecule has 0 spiro atoms. The number of aliphatic imine (C=N–C) groups is 1. The summed E-state index contributed by atoms with van der Waals surface area (Å²) in [5.41, 5.74) is 0.635. The lowest BCUT2D eigenvalue weighted by molar-refractivity contribution is 0.0526. The summed E-state index contributed by atoms with van der Waals surface area (Å²) in [6.45, 7) is 0. The van der Waals surface area contributed by atoms with Gasteiger partial charge < -0.3 is 15.5 Å². The van der Waals surface area contributed by atoms with Crippen LogP contribution in [0.4, 0.5) is 4.39 Å². The predicted molar refractivity (Wildman–Crippen MR) is 120 cm³/mol. The maximum Gasteiger partial charge on any atom is 0.191 e. The van der Waals surface area contributed by atoms with E-state index in [4.69, 9.17) is 11.6 Å². The molecule has 1 saturated carbocycles. The van der Waals surface area contributed by atoms with Crippen molar-refractivity contribution in [1.82, 2.24) is 15.5 Å². The number of hydrogen-bond donors (Lipinski definition) is 2. The second-order valence-electron chi connectivity index (χ2n) is 8.02. The van der Waals surface area contributed by atoms with Crippen molar-refractivity contribution >= 4 is 41.5 Å². The first kappa shape index (κ1) is 21.1. The fourth-order valence-corrected chi connectivity index (χ4v) is 5.12. The molecule has 27 heavy (non-hydrogen) atoms. The van der Waals surface area contributed by atoms with Gasteiger partial charge >= 0.3 is 0 Å². The third kappa shape index (κ3) is 4.53. The number of nitrogens with zero attached hydrogens (tertiary/aromatic N) is 2. The van der Waals surface area contributed by atoms with Gasteiger partial charge in [-0.05, 0) is 51.3 Å². The Bertz CT molecular complexity index is 666. The van der Waals surface area contributed by atoms with E-state index in [2.05, 4.69) is 27.6 Å². The second-order valence-corrected chi connectivity index (χ2v) is 8.42. The minimum atomic E-state index is -0.210. The van der Waals surface area contributed by atoms with Gasteiger partial charge in [-0.2, -0.15) is 0 Å². The summed E-state index contributed by atoms with van der Waals surface area (Å²) in [6.07, 6.45) is 7.18. The number of piperidine rings is 2. The Kier molecular flexibility index (Phi) is 6.90. The highest BCUT2D eigenvalue weighted by atomic mass is 127. The van der Waals surface area contributed by atoms with E-state index in [0.717, 1.165) is 12.4 Å². The molecule has 0 aromatic heterocycles. The Balaban J connectivity index is 0.00000210. The first-order chi connectivity index (χ1) is 12.6. The lowest BCUT2D eigenvalue weighted by Gasteiger charge is -2.47. The smallest absolute Gasteiger partial charge is 0.191 e. The van der Waals surface area contributed by atoms with Gasteiger partial charge in [-0.25, -0.2) is 4.39 Å². The van der Waals surface area contributed by atoms with Gasteiger partial charge in [0.05, 0.1) is 0 Å². The zero-order chi connectivity index (χ0) is 18.3. The largest absolute Gasteiger partial charge is 0.354 e. The molecule has 4 nitrogen and oxygen atoms in total. The molecule has 3 aliphatic rings. The van der Waals surface area contributed by atoms with Gasteiger partial charge in [-0.1, -0.05) is 24.1 Å². The molecular formula is C20H29ClFIN4. The number of guanidine groups is 1. The van der Waals surface area contributed by atoms with Crippen molar-refractivity contribution in [2.45, 2.75) is 68.6 Å². The third-order valence-corrected chi connectivity index (χ3v) is 6.72. The average Bonchev–Trinajstić information content (AvgIpc) is 3.33. The summed E-state index contributed by atoms with van der Waals surface area (Å²) < 4.78 is 14.1. The van der Waals surface area contributed by atoms with E-state index in [-0.39, 0.29) is 41.8 Å². The van der Waals surface area contributed by atoms with Crippen LogP contribution in [0, 0.1) is 5.82 Å². The van der Waals surface area contributed by atoms with Crippen LogP contribution in [0.2, 0.25) is 5.02 Å². The van der Waals surface area contributed by atoms with Gasteiger partial charge in [0.15, 0.2) is 5.96 Å². The van der Waals surface area contributed by atoms with E-state index in [1.807, 2.05) is 0 Å². The van der Waals surface area contributed by atoms with Crippen molar-refractivity contribution < 1.29 is 4.39 Å². The van der Waals surface area contributed by atoms with Gasteiger partial charge in [0.25, 0.3) is 0 Å². The molecule has 1 aromatic rings. The van der Waals surface area contributed by atoms with Crippen LogP contribution in [-0.4, -0.2) is 49.1 Å². The van der Waals surface area contributed by atoms with E-state index in [0.29, 0.717) is 28.7 Å². The molecule has 4 unspecified atom stereocenters. The first-order valence-corrected chi connectivity index (χ1v) is 10.1. The summed E-state index contributed by atoms with van der Waals surface area (Å²) in [5.74, 6) is 0.745. The van der Waals surface area contributed by atoms with Crippen LogP contribution in [0.15, 0.2) is 23.2 Å². The maximum absolute atomic E-state index is 14.1. The van der Waals surface area contributed by atoms with Gasteiger partial charge in [0, 0.05) is 47.7 Å². The minimum Gasteiger partial charge on any atom is -0.354 e. The number of nitrogens with one attached hydrogen (secondary N) is 2. The summed E-state index contributed by atoms with van der Waals surface area (Å²) in [4.78, 5) is 6.97. The predicted octanol–water partition coefficient (Wildman–Crippen LogP) is 4.13. The fraction of sp³-hybridized carbons (Fsp3) is 0.650. The topological polar surface area (TPSA) is 39.7 Å². The van der Waals surface area contributed by atoms with Crippen LogP contribution < -0.4 is 10.6 Å². The molecule has 1 aromatic carbocycles. The van der Waals surface area contributed by atoms with Crippen molar-refractivity contribution in [2.24, 2.45) is 4.99 Å². The average molecular weight is 507 g/mol. The molecular weight excluding hydrogens is 478 g/mol. The van der Waals surface area contributed by atoms with Crippen molar-refractivity contribution in [3.63, 3.8) is 0 Å². The van der Waals surface area contributed by atoms with Crippen molar-refractivity contribution in [2.75, 3.05) is 14.1 Å². The van der Waals surface area contributed by atoms with Crippen LogP contribution in [-0.2, 0) is 0 Å². The molecule has 4 rings (SSSR count). The highest BCUT2D eigenvalue weighted by Gasteiger charge is 2.42.